The molecule has 21 heavy (non-hydrogen) atoms. The van der Waals surface area contributed by atoms with Crippen molar-refractivity contribution in [1.29, 1.82) is 0 Å². The van der Waals surface area contributed by atoms with Gasteiger partial charge in [0.2, 0.25) is 0 Å². The molecular weight excluding hydrogens is 264 g/mol. The molecule has 2 atom stereocenters. The summed E-state index contributed by atoms with van der Waals surface area (Å²) in [7, 11) is 0. The molecule has 0 bridgehead atoms. The topological polar surface area (TPSA) is 45.3 Å². The third-order valence-corrected chi connectivity index (χ3v) is 4.77. The Morgan fingerprint density at radius 1 is 1.29 bits per heavy atom. The molecule has 2 fully saturated rings. The van der Waals surface area contributed by atoms with Crippen molar-refractivity contribution in [1.82, 2.24) is 9.88 Å². The van der Waals surface area contributed by atoms with Crippen molar-refractivity contribution in [2.24, 2.45) is 0 Å². The van der Waals surface area contributed by atoms with E-state index in [0.717, 1.165) is 39.0 Å². The van der Waals surface area contributed by atoms with Crippen LogP contribution >= 0.6 is 0 Å². The molecule has 4 rings (SSSR count). The molecule has 0 aliphatic carbocycles. The fraction of sp³-hybridized carbons (Fsp3) is 0.471. The summed E-state index contributed by atoms with van der Waals surface area (Å²) < 4.78 is 5.53. The average molecular weight is 284 g/mol. The quantitative estimate of drug-likeness (QED) is 0.921. The Morgan fingerprint density at radius 2 is 2.19 bits per heavy atom. The van der Waals surface area contributed by atoms with Gasteiger partial charge in [0.15, 0.2) is 0 Å². The molecule has 0 saturated carbocycles. The number of hydrogen-bond acceptors (Lipinski definition) is 2. The summed E-state index contributed by atoms with van der Waals surface area (Å²) in [4.78, 5) is 17.7. The van der Waals surface area contributed by atoms with Gasteiger partial charge < -0.3 is 14.6 Å². The summed E-state index contributed by atoms with van der Waals surface area (Å²) in [5, 5.41) is 1.29. The zero-order valence-corrected chi connectivity index (χ0v) is 12.0. The van der Waals surface area contributed by atoms with Crippen LogP contribution in [0.5, 0.6) is 0 Å². The van der Waals surface area contributed by atoms with Gasteiger partial charge in [-0.1, -0.05) is 18.2 Å². The summed E-state index contributed by atoms with van der Waals surface area (Å²) in [6.45, 7) is 2.40. The number of nitrogens with one attached hydrogen (secondary N) is 1. The third-order valence-electron chi connectivity index (χ3n) is 4.77. The highest BCUT2D eigenvalue weighted by Crippen LogP contribution is 2.33. The molecule has 2 aromatic rings. The van der Waals surface area contributed by atoms with Gasteiger partial charge in [0, 0.05) is 42.7 Å². The molecular formula is C17H20N2O2. The van der Waals surface area contributed by atoms with Crippen molar-refractivity contribution in [2.75, 3.05) is 19.7 Å². The molecule has 1 N–H and O–H groups in total. The normalized spacial score (nSPS) is 25.8. The van der Waals surface area contributed by atoms with E-state index >= 15 is 0 Å². The summed E-state index contributed by atoms with van der Waals surface area (Å²) in [6.07, 6.45) is 4.85. The molecule has 4 nitrogen and oxygen atoms in total. The number of aromatic amines is 1. The number of carbonyl (C=O) groups excluding carboxylic acids is 1. The van der Waals surface area contributed by atoms with Crippen LogP contribution in [-0.2, 0) is 9.53 Å². The monoisotopic (exact) mass is 284 g/mol. The predicted octanol–water partition coefficient (Wildman–Crippen LogP) is 2.66. The van der Waals surface area contributed by atoms with Crippen LogP contribution in [0.1, 0.15) is 30.7 Å². The second kappa shape index (κ2) is 5.19. The van der Waals surface area contributed by atoms with Crippen LogP contribution in [0.2, 0.25) is 0 Å². The zero-order chi connectivity index (χ0) is 14.2. The first kappa shape index (κ1) is 12.9. The minimum Gasteiger partial charge on any atom is -0.368 e. The van der Waals surface area contributed by atoms with E-state index in [0.29, 0.717) is 5.92 Å². The SMILES string of the molecule is O=C(C1CCCO1)N1CCC(c2c[nH]c3ccccc23)C1. The lowest BCUT2D eigenvalue weighted by molar-refractivity contribution is -0.139. The van der Waals surface area contributed by atoms with Gasteiger partial charge in [-0.05, 0) is 30.9 Å². The minimum atomic E-state index is -0.188. The highest BCUT2D eigenvalue weighted by Gasteiger charge is 2.34. The highest BCUT2D eigenvalue weighted by atomic mass is 16.5. The molecule has 2 aliphatic heterocycles. The van der Waals surface area contributed by atoms with E-state index in [1.165, 1.54) is 16.5 Å². The number of nitrogens with zero attached hydrogens (tertiary/aromatic N) is 1. The van der Waals surface area contributed by atoms with Gasteiger partial charge in [-0.25, -0.2) is 0 Å². The molecule has 1 aromatic heterocycles. The van der Waals surface area contributed by atoms with Gasteiger partial charge in [0.1, 0.15) is 6.10 Å². The molecule has 3 heterocycles. The number of rotatable bonds is 2. The standard InChI is InChI=1S/C17H20N2O2/c20-17(16-6-3-9-21-16)19-8-7-12(11-19)14-10-18-15-5-2-1-4-13(14)15/h1-2,4-5,10,12,16,18H,3,6-9,11H2. The van der Waals surface area contributed by atoms with E-state index in [1.807, 2.05) is 11.0 Å². The van der Waals surface area contributed by atoms with Crippen molar-refractivity contribution in [3.8, 4) is 0 Å². The number of fused-ring (bicyclic) bond motifs is 1. The van der Waals surface area contributed by atoms with Gasteiger partial charge in [-0.2, -0.15) is 0 Å². The van der Waals surface area contributed by atoms with Gasteiger partial charge in [0.05, 0.1) is 0 Å². The summed E-state index contributed by atoms with van der Waals surface area (Å²) in [6, 6.07) is 8.38. The van der Waals surface area contributed by atoms with Gasteiger partial charge in [0.25, 0.3) is 5.91 Å². The number of carbonyl (C=O) groups is 1. The maximum absolute atomic E-state index is 12.4. The molecule has 2 aliphatic rings. The first-order valence-corrected chi connectivity index (χ1v) is 7.79. The van der Waals surface area contributed by atoms with Crippen LogP contribution in [0.3, 0.4) is 0 Å². The zero-order valence-electron chi connectivity index (χ0n) is 12.0. The maximum atomic E-state index is 12.4. The van der Waals surface area contributed by atoms with Crippen LogP contribution in [0, 0.1) is 0 Å². The second-order valence-electron chi connectivity index (χ2n) is 6.06. The first-order valence-electron chi connectivity index (χ1n) is 7.79. The van der Waals surface area contributed by atoms with Crippen LogP contribution in [0.15, 0.2) is 30.5 Å². The molecule has 110 valence electrons. The third kappa shape index (κ3) is 2.23. The van der Waals surface area contributed by atoms with E-state index in [1.54, 1.807) is 0 Å². The van der Waals surface area contributed by atoms with E-state index < -0.39 is 0 Å². The lowest BCUT2D eigenvalue weighted by atomic mass is 9.98. The Kier molecular flexibility index (Phi) is 3.19. The van der Waals surface area contributed by atoms with Crippen molar-refractivity contribution < 1.29 is 9.53 Å². The summed E-state index contributed by atoms with van der Waals surface area (Å²) in [5.41, 5.74) is 2.52. The Bertz CT molecular complexity index is 658. The number of para-hydroxylation sites is 1. The molecule has 4 heteroatoms. The number of aromatic nitrogens is 1. The number of H-pyrrole nitrogens is 1. The predicted molar refractivity (Wildman–Crippen MR) is 81.2 cm³/mol. The summed E-state index contributed by atoms with van der Waals surface area (Å²) in [5.74, 6) is 0.626. The number of hydrogen-bond donors (Lipinski definition) is 1. The smallest absolute Gasteiger partial charge is 0.251 e. The van der Waals surface area contributed by atoms with E-state index in [-0.39, 0.29) is 12.0 Å². The fourth-order valence-electron chi connectivity index (χ4n) is 3.62. The van der Waals surface area contributed by atoms with Crippen LogP contribution in [0.25, 0.3) is 10.9 Å². The van der Waals surface area contributed by atoms with Crippen molar-refractivity contribution >= 4 is 16.8 Å². The van der Waals surface area contributed by atoms with E-state index in [2.05, 4.69) is 29.4 Å². The van der Waals surface area contributed by atoms with E-state index in [9.17, 15) is 4.79 Å². The Balaban J connectivity index is 1.52. The molecule has 2 saturated heterocycles. The number of amides is 1. The van der Waals surface area contributed by atoms with Crippen LogP contribution in [0.4, 0.5) is 0 Å². The molecule has 0 radical (unpaired) electrons. The lowest BCUT2D eigenvalue weighted by Gasteiger charge is -2.20. The fourth-order valence-corrected chi connectivity index (χ4v) is 3.62. The van der Waals surface area contributed by atoms with Gasteiger partial charge in [-0.3, -0.25) is 4.79 Å². The van der Waals surface area contributed by atoms with Crippen molar-refractivity contribution in [3.63, 3.8) is 0 Å². The summed E-state index contributed by atoms with van der Waals surface area (Å²) >= 11 is 0. The molecule has 1 amide bonds. The van der Waals surface area contributed by atoms with Crippen LogP contribution in [-0.4, -0.2) is 41.6 Å². The Labute approximate surface area is 124 Å². The Hall–Kier alpha value is -1.81. The number of ether oxygens (including phenoxy) is 1. The average Bonchev–Trinajstić information content (AvgIpc) is 3.25. The van der Waals surface area contributed by atoms with E-state index in [4.69, 9.17) is 4.74 Å². The lowest BCUT2D eigenvalue weighted by Crippen LogP contribution is -2.37. The minimum absolute atomic E-state index is 0.188. The van der Waals surface area contributed by atoms with Crippen molar-refractivity contribution in [3.05, 3.63) is 36.0 Å². The molecule has 2 unspecified atom stereocenters. The van der Waals surface area contributed by atoms with Gasteiger partial charge >= 0.3 is 0 Å². The Morgan fingerprint density at radius 3 is 3.05 bits per heavy atom. The second-order valence-corrected chi connectivity index (χ2v) is 6.06. The molecule has 1 aromatic carbocycles. The first-order chi connectivity index (χ1) is 10.3. The maximum Gasteiger partial charge on any atom is 0.251 e. The largest absolute Gasteiger partial charge is 0.368 e. The highest BCUT2D eigenvalue weighted by molar-refractivity contribution is 5.84. The van der Waals surface area contributed by atoms with Crippen molar-refractivity contribution in [2.45, 2.75) is 31.3 Å². The van der Waals surface area contributed by atoms with Crippen LogP contribution < -0.4 is 0 Å². The number of benzene rings is 1. The van der Waals surface area contributed by atoms with Gasteiger partial charge in [-0.15, -0.1) is 0 Å². The molecule has 0 spiro atoms. The number of likely N-dealkylation sites (tertiary alicyclic amines) is 1.